The monoisotopic (exact) mass is 441 g/mol. The Morgan fingerprint density at radius 3 is 2.55 bits per heavy atom. The number of carbonyl (C=O) groups excluding carboxylic acids is 4. The minimum absolute atomic E-state index is 0.258. The molecule has 3 aliphatic rings. The van der Waals surface area contributed by atoms with Gasteiger partial charge in [-0.15, -0.1) is 0 Å². The van der Waals surface area contributed by atoms with Crippen molar-refractivity contribution < 1.29 is 19.2 Å². The van der Waals surface area contributed by atoms with Crippen molar-refractivity contribution in [1.82, 2.24) is 20.5 Å². The number of carbonyl (C=O) groups is 4. The van der Waals surface area contributed by atoms with Gasteiger partial charge >= 0.3 is 6.03 Å². The van der Waals surface area contributed by atoms with Gasteiger partial charge in [-0.1, -0.05) is 12.1 Å². The summed E-state index contributed by atoms with van der Waals surface area (Å²) in [5.74, 6) is -1.06. The lowest BCUT2D eigenvalue weighted by atomic mass is 9.95. The number of hydrogen-bond donors (Lipinski definition) is 3. The molecule has 164 valence electrons. The first-order valence-corrected chi connectivity index (χ1v) is 10.6. The van der Waals surface area contributed by atoms with Gasteiger partial charge in [-0.2, -0.15) is 0 Å². The lowest BCUT2D eigenvalue weighted by molar-refractivity contribution is -0.125. The molecule has 0 bridgehead atoms. The van der Waals surface area contributed by atoms with Crippen molar-refractivity contribution in [3.8, 4) is 0 Å². The Bertz CT molecular complexity index is 1430. The Morgan fingerprint density at radius 2 is 1.79 bits per heavy atom. The van der Waals surface area contributed by atoms with Gasteiger partial charge in [0.2, 0.25) is 0 Å². The zero-order valence-corrected chi connectivity index (χ0v) is 17.7. The van der Waals surface area contributed by atoms with Gasteiger partial charge in [0.25, 0.3) is 17.7 Å². The number of likely N-dealkylation sites (N-methyl/N-ethyl adjacent to an activating group) is 1. The first kappa shape index (κ1) is 19.4. The third kappa shape index (κ3) is 2.75. The normalized spacial score (nSPS) is 20.9. The van der Waals surface area contributed by atoms with Gasteiger partial charge in [0.1, 0.15) is 5.54 Å². The van der Waals surface area contributed by atoms with Crippen LogP contribution in [0.25, 0.3) is 10.9 Å². The summed E-state index contributed by atoms with van der Waals surface area (Å²) in [6.45, 7) is 0.370. The quantitative estimate of drug-likeness (QED) is 0.421. The van der Waals surface area contributed by atoms with Gasteiger partial charge in [0, 0.05) is 31.0 Å². The van der Waals surface area contributed by atoms with E-state index in [0.717, 1.165) is 27.7 Å². The standard InChI is InChI=1S/C24H19N5O4/c1-29-23(33)28-22(32)24(29)9-13-7-12-5-6-15(26-18(12)8-14(13)10-24)11-25-17-4-2-3-16-19(17)21(31)27-20(16)30/h2-8,25H,9-11H2,1H3,(H,27,30,31)(H,28,32,33). The molecule has 1 aromatic heterocycles. The Balaban J connectivity index is 1.28. The van der Waals surface area contributed by atoms with E-state index in [0.29, 0.717) is 36.2 Å². The molecular formula is C24H19N5O4. The summed E-state index contributed by atoms with van der Waals surface area (Å²) in [4.78, 5) is 54.8. The first-order valence-electron chi connectivity index (χ1n) is 10.6. The SMILES string of the molecule is CN1C(=O)NC(=O)C12Cc1cc3ccc(CNc4cccc5c4C(=O)NC5=O)nc3cc1C2. The third-order valence-electron chi connectivity index (χ3n) is 6.85. The summed E-state index contributed by atoms with van der Waals surface area (Å²) in [7, 11) is 1.65. The minimum Gasteiger partial charge on any atom is -0.379 e. The Hall–Kier alpha value is -4.27. The molecule has 1 spiro atoms. The van der Waals surface area contributed by atoms with Crippen LogP contribution in [0.2, 0.25) is 0 Å². The van der Waals surface area contributed by atoms with Crippen LogP contribution in [0, 0.1) is 0 Å². The predicted molar refractivity (Wildman–Crippen MR) is 119 cm³/mol. The largest absolute Gasteiger partial charge is 0.379 e. The van der Waals surface area contributed by atoms with E-state index in [1.54, 1.807) is 25.2 Å². The summed E-state index contributed by atoms with van der Waals surface area (Å²) >= 11 is 0. The number of rotatable bonds is 3. The van der Waals surface area contributed by atoms with E-state index >= 15 is 0 Å². The maximum atomic E-state index is 12.5. The highest BCUT2D eigenvalue weighted by Gasteiger charge is 2.54. The molecular weight excluding hydrogens is 422 g/mol. The summed E-state index contributed by atoms with van der Waals surface area (Å²) in [6.07, 6.45) is 0.936. The third-order valence-corrected chi connectivity index (χ3v) is 6.85. The van der Waals surface area contributed by atoms with Crippen molar-refractivity contribution in [3.05, 3.63) is 70.4 Å². The molecule has 3 N–H and O–H groups in total. The molecule has 1 fully saturated rings. The lowest BCUT2D eigenvalue weighted by Crippen LogP contribution is -2.48. The van der Waals surface area contributed by atoms with Crippen LogP contribution in [0.4, 0.5) is 10.5 Å². The van der Waals surface area contributed by atoms with E-state index in [-0.39, 0.29) is 11.9 Å². The fourth-order valence-corrected chi connectivity index (χ4v) is 5.02. The van der Waals surface area contributed by atoms with E-state index in [9.17, 15) is 19.2 Å². The highest BCUT2D eigenvalue weighted by atomic mass is 16.2. The van der Waals surface area contributed by atoms with Crippen LogP contribution in [-0.2, 0) is 24.2 Å². The first-order chi connectivity index (χ1) is 15.9. The average Bonchev–Trinajstić information content (AvgIpc) is 3.39. The van der Waals surface area contributed by atoms with Crippen molar-refractivity contribution in [1.29, 1.82) is 0 Å². The van der Waals surface area contributed by atoms with Crippen molar-refractivity contribution in [2.24, 2.45) is 0 Å². The Kier molecular flexibility index (Phi) is 3.89. The Morgan fingerprint density at radius 1 is 1.00 bits per heavy atom. The molecule has 1 aliphatic carbocycles. The summed E-state index contributed by atoms with van der Waals surface area (Å²) in [5.41, 5.74) is 4.03. The molecule has 9 heteroatoms. The van der Waals surface area contributed by atoms with E-state index in [1.165, 1.54) is 4.90 Å². The van der Waals surface area contributed by atoms with E-state index in [2.05, 4.69) is 16.0 Å². The molecule has 6 rings (SSSR count). The number of amides is 5. The molecule has 2 aromatic carbocycles. The number of benzene rings is 2. The number of nitrogens with one attached hydrogen (secondary N) is 3. The van der Waals surface area contributed by atoms with Gasteiger partial charge in [-0.05, 0) is 41.5 Å². The number of fused-ring (bicyclic) bond motifs is 3. The number of urea groups is 1. The fourth-order valence-electron chi connectivity index (χ4n) is 5.02. The number of pyridine rings is 1. The zero-order valence-electron chi connectivity index (χ0n) is 17.7. The maximum absolute atomic E-state index is 12.5. The molecule has 0 saturated carbocycles. The van der Waals surface area contributed by atoms with Crippen molar-refractivity contribution >= 4 is 40.3 Å². The second-order valence-electron chi connectivity index (χ2n) is 8.68. The Labute approximate surface area is 188 Å². The second kappa shape index (κ2) is 6.61. The molecule has 1 saturated heterocycles. The predicted octanol–water partition coefficient (Wildman–Crippen LogP) is 1.75. The van der Waals surface area contributed by atoms with Crippen LogP contribution in [0.3, 0.4) is 0 Å². The van der Waals surface area contributed by atoms with Crippen LogP contribution < -0.4 is 16.0 Å². The molecule has 1 atom stereocenters. The zero-order chi connectivity index (χ0) is 22.9. The van der Waals surface area contributed by atoms with Crippen LogP contribution in [0.15, 0.2) is 42.5 Å². The summed E-state index contributed by atoms with van der Waals surface area (Å²) in [6, 6.07) is 12.6. The average molecular weight is 441 g/mol. The highest BCUT2D eigenvalue weighted by molar-refractivity contribution is 6.23. The number of anilines is 1. The molecule has 0 radical (unpaired) electrons. The van der Waals surface area contributed by atoms with Crippen LogP contribution in [0.1, 0.15) is 37.5 Å². The highest BCUT2D eigenvalue weighted by Crippen LogP contribution is 2.38. The molecule has 3 aromatic rings. The lowest BCUT2D eigenvalue weighted by Gasteiger charge is -2.27. The van der Waals surface area contributed by atoms with Gasteiger partial charge in [-0.25, -0.2) is 4.79 Å². The van der Waals surface area contributed by atoms with E-state index < -0.39 is 17.4 Å². The molecule has 1 unspecified atom stereocenters. The smallest absolute Gasteiger partial charge is 0.324 e. The number of imide groups is 2. The van der Waals surface area contributed by atoms with E-state index in [4.69, 9.17) is 4.98 Å². The van der Waals surface area contributed by atoms with Gasteiger partial charge in [-0.3, -0.25) is 30.0 Å². The van der Waals surface area contributed by atoms with Crippen molar-refractivity contribution in [2.45, 2.75) is 24.9 Å². The summed E-state index contributed by atoms with van der Waals surface area (Å²) in [5, 5.41) is 8.89. The second-order valence-corrected chi connectivity index (χ2v) is 8.68. The molecule has 2 aliphatic heterocycles. The maximum Gasteiger partial charge on any atom is 0.324 e. The van der Waals surface area contributed by atoms with Crippen LogP contribution in [-0.4, -0.2) is 46.2 Å². The molecule has 9 nitrogen and oxygen atoms in total. The summed E-state index contributed by atoms with van der Waals surface area (Å²) < 4.78 is 0. The van der Waals surface area contributed by atoms with Crippen molar-refractivity contribution in [2.75, 3.05) is 12.4 Å². The van der Waals surface area contributed by atoms with Crippen LogP contribution in [0.5, 0.6) is 0 Å². The fraction of sp³-hybridized carbons (Fsp3) is 0.208. The van der Waals surface area contributed by atoms with Gasteiger partial charge in [0.15, 0.2) is 0 Å². The van der Waals surface area contributed by atoms with Gasteiger partial charge < -0.3 is 10.2 Å². The number of aromatic nitrogens is 1. The molecule has 3 heterocycles. The van der Waals surface area contributed by atoms with E-state index in [1.807, 2.05) is 24.3 Å². The molecule has 5 amide bonds. The number of nitrogens with zero attached hydrogens (tertiary/aromatic N) is 2. The van der Waals surface area contributed by atoms with Crippen molar-refractivity contribution in [3.63, 3.8) is 0 Å². The minimum atomic E-state index is -0.868. The molecule has 33 heavy (non-hydrogen) atoms. The van der Waals surface area contributed by atoms with Crippen LogP contribution >= 0.6 is 0 Å². The van der Waals surface area contributed by atoms with Gasteiger partial charge in [0.05, 0.1) is 28.9 Å². The topological polar surface area (TPSA) is 121 Å². The number of hydrogen-bond acceptors (Lipinski definition) is 6.